The number of nitrogens with one attached hydrogen (secondary N) is 1. The van der Waals surface area contributed by atoms with Crippen molar-refractivity contribution < 1.29 is 27.8 Å². The van der Waals surface area contributed by atoms with Crippen LogP contribution in [0.25, 0.3) is 0 Å². The molecule has 0 amide bonds. The first kappa shape index (κ1) is 20.2. The molecule has 0 bridgehead atoms. The van der Waals surface area contributed by atoms with Crippen LogP contribution in [-0.2, 0) is 19.4 Å². The number of aromatic hydroxyl groups is 1. The Hall–Kier alpha value is -3.14. The van der Waals surface area contributed by atoms with Crippen LogP contribution in [0.15, 0.2) is 46.5 Å². The van der Waals surface area contributed by atoms with E-state index >= 15 is 0 Å². The number of hydrogen-bond acceptors (Lipinski definition) is 9. The highest BCUT2D eigenvalue weighted by atomic mass is 32.2. The maximum atomic E-state index is 11.5. The van der Waals surface area contributed by atoms with Gasteiger partial charge in [-0.25, -0.2) is 18.2 Å². The molecule has 0 aliphatic heterocycles. The SMILES string of the molecule is CCOC(=O)C(C)=NNc1ccc(Oc2ccc(S(C)(=O)=O)cn2)cc1O. The molecule has 0 aliphatic carbocycles. The van der Waals surface area contributed by atoms with Gasteiger partial charge in [-0.1, -0.05) is 0 Å². The molecule has 0 aliphatic rings. The van der Waals surface area contributed by atoms with Crippen LogP contribution in [0.4, 0.5) is 5.69 Å². The van der Waals surface area contributed by atoms with Crippen LogP contribution >= 0.6 is 0 Å². The first-order valence-corrected chi connectivity index (χ1v) is 9.74. The molecule has 27 heavy (non-hydrogen) atoms. The summed E-state index contributed by atoms with van der Waals surface area (Å²) in [6.45, 7) is 3.40. The number of aromatic nitrogens is 1. The van der Waals surface area contributed by atoms with Gasteiger partial charge in [-0.15, -0.1) is 0 Å². The van der Waals surface area contributed by atoms with Crippen molar-refractivity contribution in [3.05, 3.63) is 36.5 Å². The van der Waals surface area contributed by atoms with Crippen LogP contribution in [0.1, 0.15) is 13.8 Å². The molecule has 0 fully saturated rings. The minimum absolute atomic E-state index is 0.0760. The zero-order chi connectivity index (χ0) is 20.0. The van der Waals surface area contributed by atoms with E-state index in [1.165, 1.54) is 37.4 Å². The van der Waals surface area contributed by atoms with Gasteiger partial charge in [0.25, 0.3) is 0 Å². The average molecular weight is 393 g/mol. The first-order valence-electron chi connectivity index (χ1n) is 7.85. The van der Waals surface area contributed by atoms with E-state index in [1.54, 1.807) is 13.0 Å². The van der Waals surface area contributed by atoms with Crippen LogP contribution < -0.4 is 10.2 Å². The number of pyridine rings is 1. The molecule has 0 atom stereocenters. The number of nitrogens with zero attached hydrogens (tertiary/aromatic N) is 2. The summed E-state index contributed by atoms with van der Waals surface area (Å²) in [7, 11) is -3.34. The van der Waals surface area contributed by atoms with Crippen molar-refractivity contribution in [2.75, 3.05) is 18.3 Å². The summed E-state index contributed by atoms with van der Waals surface area (Å²) in [5.74, 6) is -0.281. The van der Waals surface area contributed by atoms with Gasteiger partial charge in [0.05, 0.1) is 17.2 Å². The predicted octanol–water partition coefficient (Wildman–Crippen LogP) is 2.33. The summed E-state index contributed by atoms with van der Waals surface area (Å²) >= 11 is 0. The number of sulfone groups is 1. The van der Waals surface area contributed by atoms with E-state index in [4.69, 9.17) is 9.47 Å². The van der Waals surface area contributed by atoms with Gasteiger partial charge in [0.15, 0.2) is 9.84 Å². The number of benzene rings is 1. The third-order valence-corrected chi connectivity index (χ3v) is 4.34. The molecule has 144 valence electrons. The third-order valence-electron chi connectivity index (χ3n) is 3.24. The molecule has 1 heterocycles. The molecule has 0 radical (unpaired) electrons. The first-order chi connectivity index (χ1) is 12.7. The van der Waals surface area contributed by atoms with Crippen LogP contribution in [0.2, 0.25) is 0 Å². The highest BCUT2D eigenvalue weighted by molar-refractivity contribution is 7.90. The number of phenols is 1. The van der Waals surface area contributed by atoms with Crippen LogP contribution in [0, 0.1) is 0 Å². The number of carbonyl (C=O) groups is 1. The number of ether oxygens (including phenoxy) is 2. The summed E-state index contributed by atoms with van der Waals surface area (Å²) in [6, 6.07) is 7.15. The fourth-order valence-corrected chi connectivity index (χ4v) is 2.42. The Balaban J connectivity index is 2.08. The fraction of sp³-hybridized carbons (Fsp3) is 0.235. The maximum absolute atomic E-state index is 11.5. The number of anilines is 1. The largest absolute Gasteiger partial charge is 0.506 e. The molecule has 1 aromatic heterocycles. The molecule has 2 rings (SSSR count). The van der Waals surface area contributed by atoms with E-state index in [1.807, 2.05) is 0 Å². The Labute approximate surface area is 156 Å². The molecule has 2 aromatic rings. The number of hydrazone groups is 1. The van der Waals surface area contributed by atoms with Gasteiger partial charge in [0.2, 0.25) is 5.88 Å². The van der Waals surface area contributed by atoms with Crippen molar-refractivity contribution in [2.45, 2.75) is 18.7 Å². The van der Waals surface area contributed by atoms with Gasteiger partial charge in [-0.05, 0) is 32.0 Å². The zero-order valence-corrected chi connectivity index (χ0v) is 15.8. The quantitative estimate of drug-likeness (QED) is 0.318. The summed E-state index contributed by atoms with van der Waals surface area (Å²) in [6.07, 6.45) is 2.27. The molecule has 0 saturated heterocycles. The molecule has 2 N–H and O–H groups in total. The third kappa shape index (κ3) is 5.68. The molecular weight excluding hydrogens is 374 g/mol. The zero-order valence-electron chi connectivity index (χ0n) is 15.0. The second-order valence-electron chi connectivity index (χ2n) is 5.41. The lowest BCUT2D eigenvalue weighted by molar-refractivity contribution is -0.135. The Morgan fingerprint density at radius 1 is 1.30 bits per heavy atom. The van der Waals surface area contributed by atoms with Gasteiger partial charge < -0.3 is 14.6 Å². The average Bonchev–Trinajstić information content (AvgIpc) is 2.60. The maximum Gasteiger partial charge on any atom is 0.354 e. The highest BCUT2D eigenvalue weighted by Gasteiger charge is 2.10. The number of carbonyl (C=O) groups excluding carboxylic acids is 1. The van der Waals surface area contributed by atoms with Crippen molar-refractivity contribution in [1.82, 2.24) is 4.98 Å². The van der Waals surface area contributed by atoms with Crippen LogP contribution in [0.3, 0.4) is 0 Å². The van der Waals surface area contributed by atoms with Gasteiger partial charge >= 0.3 is 5.97 Å². The predicted molar refractivity (Wildman–Crippen MR) is 98.9 cm³/mol. The molecule has 0 unspecified atom stereocenters. The minimum Gasteiger partial charge on any atom is -0.506 e. The van der Waals surface area contributed by atoms with E-state index in [0.29, 0.717) is 0 Å². The molecule has 10 heteroatoms. The Morgan fingerprint density at radius 3 is 2.59 bits per heavy atom. The number of phenolic OH excluding ortho intramolecular Hbond substituents is 1. The lowest BCUT2D eigenvalue weighted by Gasteiger charge is -2.09. The number of rotatable bonds is 7. The van der Waals surface area contributed by atoms with Gasteiger partial charge in [0.1, 0.15) is 17.2 Å². The van der Waals surface area contributed by atoms with Gasteiger partial charge in [-0.3, -0.25) is 5.43 Å². The summed E-state index contributed by atoms with van der Waals surface area (Å²) in [5, 5.41) is 13.9. The van der Waals surface area contributed by atoms with Crippen LogP contribution in [0.5, 0.6) is 17.4 Å². The minimum atomic E-state index is -3.34. The van der Waals surface area contributed by atoms with E-state index in [2.05, 4.69) is 15.5 Å². The monoisotopic (exact) mass is 393 g/mol. The van der Waals surface area contributed by atoms with E-state index in [9.17, 15) is 18.3 Å². The molecule has 0 saturated carbocycles. The molecule has 0 spiro atoms. The van der Waals surface area contributed by atoms with Crippen molar-refractivity contribution >= 4 is 27.2 Å². The Bertz CT molecular complexity index is 955. The molecule has 9 nitrogen and oxygen atoms in total. The second kappa shape index (κ2) is 8.49. The molecular formula is C17H19N3O6S. The topological polar surface area (TPSA) is 127 Å². The standard InChI is InChI=1S/C17H19N3O6S/c1-4-25-17(22)11(2)19-20-14-7-5-12(9-15(14)21)26-16-8-6-13(10-18-16)27(3,23)24/h5-10,20-21H,4H2,1-3H3. The van der Waals surface area contributed by atoms with E-state index in [0.717, 1.165) is 6.26 Å². The summed E-state index contributed by atoms with van der Waals surface area (Å²) in [4.78, 5) is 15.5. The Kier molecular flexibility index (Phi) is 6.35. The van der Waals surface area contributed by atoms with Crippen molar-refractivity contribution in [3.8, 4) is 17.4 Å². The second-order valence-corrected chi connectivity index (χ2v) is 7.43. The van der Waals surface area contributed by atoms with E-state index < -0.39 is 15.8 Å². The Morgan fingerprint density at radius 2 is 2.04 bits per heavy atom. The smallest absolute Gasteiger partial charge is 0.354 e. The summed E-state index contributed by atoms with van der Waals surface area (Å²) < 4.78 is 33.1. The lowest BCUT2D eigenvalue weighted by Crippen LogP contribution is -2.15. The number of esters is 1. The van der Waals surface area contributed by atoms with E-state index in [-0.39, 0.29) is 40.3 Å². The fourth-order valence-electron chi connectivity index (χ4n) is 1.86. The normalized spacial score (nSPS) is 11.7. The lowest BCUT2D eigenvalue weighted by atomic mass is 10.3. The summed E-state index contributed by atoms with van der Waals surface area (Å²) in [5.41, 5.74) is 2.93. The van der Waals surface area contributed by atoms with Crippen LogP contribution in [-0.4, -0.2) is 43.1 Å². The number of hydrogen-bond donors (Lipinski definition) is 2. The van der Waals surface area contributed by atoms with Gasteiger partial charge in [0, 0.05) is 24.6 Å². The van der Waals surface area contributed by atoms with Crippen molar-refractivity contribution in [1.29, 1.82) is 0 Å². The van der Waals surface area contributed by atoms with Crippen molar-refractivity contribution in [2.24, 2.45) is 5.10 Å². The molecule has 1 aromatic carbocycles. The van der Waals surface area contributed by atoms with Gasteiger partial charge in [-0.2, -0.15) is 5.10 Å². The highest BCUT2D eigenvalue weighted by Crippen LogP contribution is 2.30. The van der Waals surface area contributed by atoms with Crippen molar-refractivity contribution in [3.63, 3.8) is 0 Å².